The first-order chi connectivity index (χ1) is 10.3. The Morgan fingerprint density at radius 3 is 1.95 bits per heavy atom. The van der Waals surface area contributed by atoms with Crippen molar-refractivity contribution in [1.82, 2.24) is 0 Å². The predicted octanol–water partition coefficient (Wildman–Crippen LogP) is 4.27. The molecule has 0 N–H and O–H groups in total. The fourth-order valence-corrected chi connectivity index (χ4v) is 2.63. The van der Waals surface area contributed by atoms with Gasteiger partial charge in [0.05, 0.1) is 17.7 Å². The van der Waals surface area contributed by atoms with Gasteiger partial charge in [-0.3, -0.25) is 0 Å². The van der Waals surface area contributed by atoms with Crippen molar-refractivity contribution in [3.05, 3.63) is 35.4 Å². The van der Waals surface area contributed by atoms with Gasteiger partial charge < -0.3 is 9.16 Å². The molecule has 0 spiro atoms. The molecule has 0 unspecified atom stereocenters. The smallest absolute Gasteiger partial charge is 0.339 e. The topological polar surface area (TPSA) is 52.6 Å². The van der Waals surface area contributed by atoms with E-state index in [9.17, 15) is 9.59 Å². The number of rotatable bonds is 7. The summed E-state index contributed by atoms with van der Waals surface area (Å²) in [6, 6.07) is 6.66. The number of benzene rings is 1. The maximum Gasteiger partial charge on any atom is 0.339 e. The van der Waals surface area contributed by atoms with E-state index in [0.29, 0.717) is 12.5 Å². The van der Waals surface area contributed by atoms with Gasteiger partial charge in [-0.1, -0.05) is 38.8 Å². The lowest BCUT2D eigenvalue weighted by Gasteiger charge is -2.18. The molecule has 1 rings (SSSR count). The number of esters is 1. The molecular weight excluding hydrogens is 296 g/mol. The van der Waals surface area contributed by atoms with Crippen LogP contribution in [-0.4, -0.2) is 26.9 Å². The maximum absolute atomic E-state index is 12.3. The SMILES string of the molecule is CCC(CC)COC(=O)c1ccccc1C(=O)O[Si](C)(C)C. The zero-order valence-electron chi connectivity index (χ0n) is 14.1. The van der Waals surface area contributed by atoms with E-state index >= 15 is 0 Å². The fraction of sp³-hybridized carbons (Fsp3) is 0.529. The predicted molar refractivity (Wildman–Crippen MR) is 89.6 cm³/mol. The van der Waals surface area contributed by atoms with Crippen LogP contribution in [0.5, 0.6) is 0 Å². The van der Waals surface area contributed by atoms with E-state index in [0.717, 1.165) is 12.8 Å². The minimum absolute atomic E-state index is 0.275. The monoisotopic (exact) mass is 322 g/mol. The van der Waals surface area contributed by atoms with Crippen molar-refractivity contribution in [2.24, 2.45) is 5.92 Å². The average molecular weight is 322 g/mol. The Morgan fingerprint density at radius 1 is 1.00 bits per heavy atom. The van der Waals surface area contributed by atoms with Gasteiger partial charge in [0.2, 0.25) is 8.32 Å². The highest BCUT2D eigenvalue weighted by atomic mass is 28.4. The van der Waals surface area contributed by atoms with Crippen molar-refractivity contribution >= 4 is 20.3 Å². The first-order valence-electron chi connectivity index (χ1n) is 7.78. The quantitative estimate of drug-likeness (QED) is 0.555. The molecule has 0 bridgehead atoms. The zero-order chi connectivity index (χ0) is 16.8. The molecular formula is C17H26O4Si. The third-order valence-electron chi connectivity index (χ3n) is 3.37. The minimum atomic E-state index is -2.01. The lowest BCUT2D eigenvalue weighted by Crippen LogP contribution is -2.30. The van der Waals surface area contributed by atoms with Crippen LogP contribution in [0.15, 0.2) is 24.3 Å². The summed E-state index contributed by atoms with van der Waals surface area (Å²) in [5, 5.41) is 0. The van der Waals surface area contributed by atoms with Crippen LogP contribution < -0.4 is 0 Å². The molecule has 0 aromatic heterocycles. The minimum Gasteiger partial charge on any atom is -0.516 e. The zero-order valence-corrected chi connectivity index (χ0v) is 15.1. The molecule has 0 amide bonds. The normalized spacial score (nSPS) is 11.4. The van der Waals surface area contributed by atoms with Crippen molar-refractivity contribution < 1.29 is 18.8 Å². The van der Waals surface area contributed by atoms with Crippen LogP contribution in [0.1, 0.15) is 47.4 Å². The lowest BCUT2D eigenvalue weighted by molar-refractivity contribution is 0.0426. The van der Waals surface area contributed by atoms with Crippen molar-refractivity contribution in [2.45, 2.75) is 46.3 Å². The van der Waals surface area contributed by atoms with E-state index in [2.05, 4.69) is 13.8 Å². The molecule has 22 heavy (non-hydrogen) atoms. The van der Waals surface area contributed by atoms with Gasteiger partial charge in [-0.05, 0) is 37.7 Å². The second-order valence-electron chi connectivity index (χ2n) is 6.33. The van der Waals surface area contributed by atoms with Crippen molar-refractivity contribution in [3.63, 3.8) is 0 Å². The first kappa shape index (κ1) is 18.4. The van der Waals surface area contributed by atoms with Crippen molar-refractivity contribution in [1.29, 1.82) is 0 Å². The Kier molecular flexibility index (Phi) is 6.81. The molecule has 0 radical (unpaired) electrons. The summed E-state index contributed by atoms with van der Waals surface area (Å²) >= 11 is 0. The van der Waals surface area contributed by atoms with Crippen molar-refractivity contribution in [3.8, 4) is 0 Å². The summed E-state index contributed by atoms with van der Waals surface area (Å²) in [5.41, 5.74) is 0.552. The molecule has 1 aromatic carbocycles. The van der Waals surface area contributed by atoms with Crippen LogP contribution in [0, 0.1) is 5.92 Å². The largest absolute Gasteiger partial charge is 0.516 e. The van der Waals surface area contributed by atoms with Crippen LogP contribution in [0.3, 0.4) is 0 Å². The Morgan fingerprint density at radius 2 is 1.50 bits per heavy atom. The van der Waals surface area contributed by atoms with Gasteiger partial charge in [-0.2, -0.15) is 0 Å². The molecule has 0 saturated carbocycles. The molecule has 0 aliphatic rings. The highest BCUT2D eigenvalue weighted by molar-refractivity contribution is 6.71. The molecule has 0 saturated heterocycles. The molecule has 4 nitrogen and oxygen atoms in total. The number of hydrogen-bond acceptors (Lipinski definition) is 4. The number of carbonyl (C=O) groups is 2. The summed E-state index contributed by atoms with van der Waals surface area (Å²) in [7, 11) is -2.01. The fourth-order valence-electron chi connectivity index (χ4n) is 1.97. The van der Waals surface area contributed by atoms with Gasteiger partial charge in [-0.25, -0.2) is 9.59 Å². The Labute approximate surface area is 134 Å². The van der Waals surface area contributed by atoms with Gasteiger partial charge in [-0.15, -0.1) is 0 Å². The Hall–Kier alpha value is -1.62. The van der Waals surface area contributed by atoms with E-state index in [4.69, 9.17) is 9.16 Å². The summed E-state index contributed by atoms with van der Waals surface area (Å²) in [6.45, 7) is 10.3. The Bertz CT molecular complexity index is 516. The van der Waals surface area contributed by atoms with E-state index in [1.54, 1.807) is 24.3 Å². The number of hydrogen-bond donors (Lipinski definition) is 0. The van der Waals surface area contributed by atoms with Gasteiger partial charge >= 0.3 is 11.9 Å². The van der Waals surface area contributed by atoms with Crippen LogP contribution >= 0.6 is 0 Å². The highest BCUT2D eigenvalue weighted by Gasteiger charge is 2.25. The van der Waals surface area contributed by atoms with E-state index in [-0.39, 0.29) is 11.1 Å². The second-order valence-corrected chi connectivity index (χ2v) is 10.8. The number of carbonyl (C=O) groups excluding carboxylic acids is 2. The molecule has 0 heterocycles. The maximum atomic E-state index is 12.3. The summed E-state index contributed by atoms with van der Waals surface area (Å²) < 4.78 is 10.8. The first-order valence-corrected chi connectivity index (χ1v) is 11.2. The third-order valence-corrected chi connectivity index (χ3v) is 4.17. The van der Waals surface area contributed by atoms with Crippen LogP contribution in [-0.2, 0) is 9.16 Å². The summed E-state index contributed by atoms with van der Waals surface area (Å²) in [5.74, 6) is -0.561. The van der Waals surface area contributed by atoms with Crippen LogP contribution in [0.25, 0.3) is 0 Å². The molecule has 122 valence electrons. The van der Waals surface area contributed by atoms with Gasteiger partial charge in [0.1, 0.15) is 0 Å². The van der Waals surface area contributed by atoms with Gasteiger partial charge in [0, 0.05) is 0 Å². The third kappa shape index (κ3) is 5.64. The number of ether oxygens (including phenoxy) is 1. The molecule has 0 atom stereocenters. The Balaban J connectivity index is 2.87. The summed E-state index contributed by atoms with van der Waals surface area (Å²) in [6.07, 6.45) is 1.92. The van der Waals surface area contributed by atoms with E-state index in [1.807, 2.05) is 19.6 Å². The molecule has 0 aliphatic carbocycles. The van der Waals surface area contributed by atoms with Gasteiger partial charge in [0.15, 0.2) is 0 Å². The van der Waals surface area contributed by atoms with Crippen molar-refractivity contribution in [2.75, 3.05) is 6.61 Å². The highest BCUT2D eigenvalue weighted by Crippen LogP contribution is 2.16. The molecule has 0 aliphatic heterocycles. The second kappa shape index (κ2) is 8.13. The summed E-state index contributed by atoms with van der Waals surface area (Å²) in [4.78, 5) is 24.5. The standard InChI is InChI=1S/C17H26O4Si/c1-6-13(7-2)12-20-16(18)14-10-8-9-11-15(14)17(19)21-22(3,4)5/h8-11,13H,6-7,12H2,1-5H3. The van der Waals surface area contributed by atoms with Crippen LogP contribution in [0.2, 0.25) is 19.6 Å². The lowest BCUT2D eigenvalue weighted by atomic mass is 10.1. The van der Waals surface area contributed by atoms with E-state index < -0.39 is 20.3 Å². The molecule has 5 heteroatoms. The molecule has 0 fully saturated rings. The van der Waals surface area contributed by atoms with E-state index in [1.165, 1.54) is 0 Å². The van der Waals surface area contributed by atoms with Crippen LogP contribution in [0.4, 0.5) is 0 Å². The van der Waals surface area contributed by atoms with Gasteiger partial charge in [0.25, 0.3) is 0 Å². The molecule has 1 aromatic rings. The average Bonchev–Trinajstić information content (AvgIpc) is 2.46.